The van der Waals surface area contributed by atoms with E-state index in [-0.39, 0.29) is 11.1 Å². The molecule has 1 atom stereocenters. The molecule has 0 saturated carbocycles. The van der Waals surface area contributed by atoms with Crippen LogP contribution in [0.2, 0.25) is 0 Å². The second-order valence-corrected chi connectivity index (χ2v) is 10.3. The second-order valence-electron chi connectivity index (χ2n) is 9.28. The van der Waals surface area contributed by atoms with Gasteiger partial charge in [0.05, 0.1) is 6.04 Å². The number of carbonyl (C=O) groups excluding carboxylic acids is 3. The minimum Gasteiger partial charge on any atom is -0.320 e. The molecular formula is C33H31N3O3S. The average molecular weight is 550 g/mol. The molecule has 0 spiro atoms. The fourth-order valence-electron chi connectivity index (χ4n) is 4.27. The number of rotatable bonds is 9. The van der Waals surface area contributed by atoms with Crippen molar-refractivity contribution in [3.05, 3.63) is 125 Å². The van der Waals surface area contributed by atoms with Crippen molar-refractivity contribution in [1.82, 2.24) is 9.88 Å². The molecule has 6 nitrogen and oxygen atoms in total. The highest BCUT2D eigenvalue weighted by Gasteiger charge is 2.34. The molecule has 0 aliphatic heterocycles. The van der Waals surface area contributed by atoms with Gasteiger partial charge in [0.1, 0.15) is 0 Å². The third-order valence-electron chi connectivity index (χ3n) is 6.46. The third kappa shape index (κ3) is 6.81. The number of pyridine rings is 1. The van der Waals surface area contributed by atoms with Crippen molar-refractivity contribution in [3.8, 4) is 11.1 Å². The number of hydrogen-bond acceptors (Lipinski definition) is 6. The lowest BCUT2D eigenvalue weighted by atomic mass is 9.93. The van der Waals surface area contributed by atoms with Gasteiger partial charge >= 0.3 is 0 Å². The van der Waals surface area contributed by atoms with Gasteiger partial charge in [-0.2, -0.15) is 11.8 Å². The van der Waals surface area contributed by atoms with Crippen LogP contribution < -0.4 is 5.73 Å². The Kier molecular flexibility index (Phi) is 9.78. The summed E-state index contributed by atoms with van der Waals surface area (Å²) in [6.45, 7) is 1.96. The van der Waals surface area contributed by atoms with Gasteiger partial charge in [0.15, 0.2) is 0 Å². The number of carbonyl (C=O) groups is 3. The quantitative estimate of drug-likeness (QED) is 0.253. The monoisotopic (exact) mass is 549 g/mol. The maximum Gasteiger partial charge on any atom is 0.268 e. The molecule has 40 heavy (non-hydrogen) atoms. The molecule has 0 unspecified atom stereocenters. The van der Waals surface area contributed by atoms with Crippen LogP contribution in [0, 0.1) is 6.92 Å². The fourth-order valence-corrected chi connectivity index (χ4v) is 4.76. The molecule has 4 aromatic rings. The molecule has 0 saturated heterocycles. The Hall–Kier alpha value is -4.33. The van der Waals surface area contributed by atoms with Gasteiger partial charge < -0.3 is 5.73 Å². The van der Waals surface area contributed by atoms with Crippen LogP contribution in [-0.4, -0.2) is 45.7 Å². The van der Waals surface area contributed by atoms with Gasteiger partial charge in [-0.1, -0.05) is 66.7 Å². The van der Waals surface area contributed by atoms with Crippen LogP contribution in [0.3, 0.4) is 0 Å². The Balaban J connectivity index is 1.81. The molecule has 1 heterocycles. The Bertz CT molecular complexity index is 1520. The van der Waals surface area contributed by atoms with E-state index >= 15 is 0 Å². The van der Waals surface area contributed by atoms with Crippen LogP contribution in [-0.2, 0) is 4.79 Å². The van der Waals surface area contributed by atoms with Gasteiger partial charge in [0.25, 0.3) is 17.7 Å². The first-order valence-corrected chi connectivity index (χ1v) is 14.3. The number of nitrogens with zero attached hydrogens (tertiary/aromatic N) is 2. The molecular weight excluding hydrogens is 518 g/mol. The van der Waals surface area contributed by atoms with Crippen LogP contribution >= 0.6 is 11.8 Å². The maximum atomic E-state index is 14.2. The van der Waals surface area contributed by atoms with E-state index in [9.17, 15) is 14.4 Å². The summed E-state index contributed by atoms with van der Waals surface area (Å²) in [6, 6.07) is 24.2. The summed E-state index contributed by atoms with van der Waals surface area (Å²) in [6.07, 6.45) is 9.59. The number of thioether (sulfide) groups is 1. The average Bonchev–Trinajstić information content (AvgIpc) is 2.99. The first kappa shape index (κ1) is 28.7. The van der Waals surface area contributed by atoms with Crippen LogP contribution in [0.5, 0.6) is 0 Å². The highest BCUT2D eigenvalue weighted by molar-refractivity contribution is 7.98. The molecule has 0 aliphatic rings. The minimum atomic E-state index is -0.993. The van der Waals surface area contributed by atoms with Crippen molar-refractivity contribution in [3.63, 3.8) is 0 Å². The number of amides is 3. The van der Waals surface area contributed by atoms with Crippen LogP contribution in [0.25, 0.3) is 23.3 Å². The Labute approximate surface area is 238 Å². The van der Waals surface area contributed by atoms with Crippen molar-refractivity contribution in [2.45, 2.75) is 19.4 Å². The highest BCUT2D eigenvalue weighted by Crippen LogP contribution is 2.30. The largest absolute Gasteiger partial charge is 0.320 e. The summed E-state index contributed by atoms with van der Waals surface area (Å²) in [4.78, 5) is 46.2. The molecule has 0 bridgehead atoms. The van der Waals surface area contributed by atoms with Gasteiger partial charge in [-0.05, 0) is 83.5 Å². The topological polar surface area (TPSA) is 93.4 Å². The second kappa shape index (κ2) is 13.6. The normalized spacial score (nSPS) is 11.8. The lowest BCUT2D eigenvalue weighted by Gasteiger charge is -2.24. The zero-order valence-corrected chi connectivity index (χ0v) is 23.3. The summed E-state index contributed by atoms with van der Waals surface area (Å²) >= 11 is 1.54. The predicted octanol–water partition coefficient (Wildman–Crippen LogP) is 6.12. The smallest absolute Gasteiger partial charge is 0.268 e. The van der Waals surface area contributed by atoms with Crippen LogP contribution in [0.15, 0.2) is 97.3 Å². The van der Waals surface area contributed by atoms with Crippen LogP contribution in [0.1, 0.15) is 43.8 Å². The molecule has 0 fully saturated rings. The van der Waals surface area contributed by atoms with Gasteiger partial charge in [-0.25, -0.2) is 4.90 Å². The molecule has 3 amide bonds. The van der Waals surface area contributed by atoms with E-state index in [1.807, 2.05) is 67.8 Å². The number of hydrogen-bond donors (Lipinski definition) is 1. The van der Waals surface area contributed by atoms with Crippen LogP contribution in [0.4, 0.5) is 0 Å². The number of benzene rings is 3. The summed E-state index contributed by atoms with van der Waals surface area (Å²) in [5.74, 6) is -1.50. The predicted molar refractivity (Wildman–Crippen MR) is 163 cm³/mol. The van der Waals surface area contributed by atoms with Gasteiger partial charge in [-0.15, -0.1) is 0 Å². The molecule has 4 rings (SSSR count). The van der Waals surface area contributed by atoms with E-state index in [0.29, 0.717) is 22.6 Å². The highest BCUT2D eigenvalue weighted by atomic mass is 32.2. The fraction of sp³-hybridized carbons (Fsp3) is 0.152. The summed E-state index contributed by atoms with van der Waals surface area (Å²) < 4.78 is 0. The zero-order chi connectivity index (χ0) is 28.5. The van der Waals surface area contributed by atoms with Gasteiger partial charge in [-0.3, -0.25) is 19.4 Å². The van der Waals surface area contributed by atoms with Crippen molar-refractivity contribution in [2.24, 2.45) is 5.73 Å². The summed E-state index contributed by atoms with van der Waals surface area (Å²) in [7, 11) is 0. The van der Waals surface area contributed by atoms with Gasteiger partial charge in [0, 0.05) is 23.5 Å². The number of aromatic nitrogens is 1. The zero-order valence-electron chi connectivity index (χ0n) is 22.5. The lowest BCUT2D eigenvalue weighted by molar-refractivity contribution is -0.127. The van der Waals surface area contributed by atoms with Crippen molar-refractivity contribution in [1.29, 1.82) is 0 Å². The summed E-state index contributed by atoms with van der Waals surface area (Å²) in [5, 5.41) is 0. The molecule has 202 valence electrons. The van der Waals surface area contributed by atoms with E-state index in [1.165, 1.54) is 0 Å². The third-order valence-corrected chi connectivity index (χ3v) is 7.10. The Morgan fingerprint density at radius 3 is 2.30 bits per heavy atom. The molecule has 0 aliphatic carbocycles. The van der Waals surface area contributed by atoms with E-state index in [1.54, 1.807) is 66.6 Å². The maximum absolute atomic E-state index is 14.2. The van der Waals surface area contributed by atoms with E-state index in [4.69, 9.17) is 5.73 Å². The van der Waals surface area contributed by atoms with Crippen molar-refractivity contribution in [2.75, 3.05) is 12.0 Å². The first-order valence-electron chi connectivity index (χ1n) is 12.9. The SMILES string of the molecule is CSCC[C@H](N)C(=O)N(C(=O)c1ccccc1)C(=O)c1ccc(C=Cc2cccnc2)cc1-c1ccccc1C. The standard InChI is InChI=1S/C33H31N3O3S/c1-23-9-6-7-13-27(23)29-21-24(14-15-25-10-8-19-35-22-25)16-17-28(29)32(38)36(33(39)30(34)18-20-40-2)31(37)26-11-4-3-5-12-26/h3-17,19,21-22,30H,18,20,34H2,1-2H3/t30-/m0/s1. The molecule has 1 aromatic heterocycles. The Morgan fingerprint density at radius 2 is 1.60 bits per heavy atom. The first-order chi connectivity index (χ1) is 19.4. The van der Waals surface area contributed by atoms with Gasteiger partial charge in [0.2, 0.25) is 0 Å². The molecule has 3 aromatic carbocycles. The molecule has 0 radical (unpaired) electrons. The van der Waals surface area contributed by atoms with Crippen molar-refractivity contribution < 1.29 is 14.4 Å². The Morgan fingerprint density at radius 1 is 0.875 bits per heavy atom. The molecule has 7 heteroatoms. The lowest BCUT2D eigenvalue weighted by Crippen LogP contribution is -2.50. The minimum absolute atomic E-state index is 0.231. The number of nitrogens with two attached hydrogens (primary N) is 1. The van der Waals surface area contributed by atoms with E-state index < -0.39 is 23.8 Å². The number of aryl methyl sites for hydroxylation is 1. The van der Waals surface area contributed by atoms with E-state index in [2.05, 4.69) is 4.98 Å². The molecule has 2 N–H and O–H groups in total. The van der Waals surface area contributed by atoms with E-state index in [0.717, 1.165) is 22.3 Å². The summed E-state index contributed by atoms with van der Waals surface area (Å²) in [5.41, 5.74) is 10.9. The van der Waals surface area contributed by atoms with Crippen molar-refractivity contribution >= 4 is 41.6 Å². The number of imide groups is 3.